The molecule has 29 heavy (non-hydrogen) atoms. The maximum atomic E-state index is 13.1. The Hall–Kier alpha value is -3.28. The number of nitrogens with one attached hydrogen (secondary N) is 2. The smallest absolute Gasteiger partial charge is 0.338 e. The summed E-state index contributed by atoms with van der Waals surface area (Å²) in [5.41, 5.74) is 2.20. The first-order valence-corrected chi connectivity index (χ1v) is 9.47. The Labute approximate surface area is 170 Å². The summed E-state index contributed by atoms with van der Waals surface area (Å²) in [7, 11) is 1.60. The van der Waals surface area contributed by atoms with Gasteiger partial charge in [-0.2, -0.15) is 0 Å². The molecular formula is C23H26N2O4. The van der Waals surface area contributed by atoms with Crippen LogP contribution in [0.15, 0.2) is 65.9 Å². The van der Waals surface area contributed by atoms with Crippen LogP contribution in [0.2, 0.25) is 0 Å². The Morgan fingerprint density at radius 3 is 2.28 bits per heavy atom. The van der Waals surface area contributed by atoms with Gasteiger partial charge < -0.3 is 20.1 Å². The Balaban J connectivity index is 1.92. The maximum absolute atomic E-state index is 13.1. The minimum atomic E-state index is -0.581. The number of allylic oxidation sites excluding steroid dienone is 1. The van der Waals surface area contributed by atoms with Crippen molar-refractivity contribution < 1.29 is 19.1 Å². The second-order valence-corrected chi connectivity index (χ2v) is 7.91. The Kier molecular flexibility index (Phi) is 5.92. The van der Waals surface area contributed by atoms with Gasteiger partial charge in [0.25, 0.3) is 0 Å². The lowest BCUT2D eigenvalue weighted by molar-refractivity contribution is -0.141. The minimum Gasteiger partial charge on any atom is -0.497 e. The fraction of sp³-hybridized carbons (Fsp3) is 0.304. The highest BCUT2D eigenvalue weighted by atomic mass is 16.5. The number of rotatable bonds is 5. The second-order valence-electron chi connectivity index (χ2n) is 7.91. The fourth-order valence-electron chi connectivity index (χ4n) is 3.22. The van der Waals surface area contributed by atoms with E-state index in [9.17, 15) is 9.59 Å². The first-order valence-electron chi connectivity index (χ1n) is 9.47. The zero-order valence-electron chi connectivity index (χ0n) is 17.1. The number of hydrogen-bond donors (Lipinski definition) is 2. The SMILES string of the molecule is COc1ccc(COC(=O)C2=C(C(C)(C)C)NC(=O)NC2c2ccccc2)cc1. The molecule has 1 aliphatic rings. The number of urea groups is 1. The molecule has 1 aliphatic heterocycles. The number of carbonyl (C=O) groups is 2. The second kappa shape index (κ2) is 8.39. The molecular weight excluding hydrogens is 368 g/mol. The zero-order valence-corrected chi connectivity index (χ0v) is 17.1. The molecule has 1 unspecified atom stereocenters. The average Bonchev–Trinajstić information content (AvgIpc) is 2.71. The van der Waals surface area contributed by atoms with E-state index in [2.05, 4.69) is 10.6 Å². The number of benzene rings is 2. The Bertz CT molecular complexity index is 912. The van der Waals surface area contributed by atoms with E-state index in [4.69, 9.17) is 9.47 Å². The largest absolute Gasteiger partial charge is 0.497 e. The first kappa shape index (κ1) is 20.5. The van der Waals surface area contributed by atoms with Gasteiger partial charge in [-0.15, -0.1) is 0 Å². The van der Waals surface area contributed by atoms with E-state index in [1.54, 1.807) is 7.11 Å². The van der Waals surface area contributed by atoms with Crippen molar-refractivity contribution in [2.24, 2.45) is 5.41 Å². The van der Waals surface area contributed by atoms with Gasteiger partial charge in [0, 0.05) is 11.1 Å². The van der Waals surface area contributed by atoms with Crippen molar-refractivity contribution >= 4 is 12.0 Å². The number of amides is 2. The third-order valence-corrected chi connectivity index (χ3v) is 4.70. The fourth-order valence-corrected chi connectivity index (χ4v) is 3.22. The Morgan fingerprint density at radius 2 is 1.69 bits per heavy atom. The molecule has 152 valence electrons. The van der Waals surface area contributed by atoms with Gasteiger partial charge in [0.05, 0.1) is 18.7 Å². The standard InChI is InChI=1S/C23H26N2O4/c1-23(2,3)20-18(19(24-22(27)25-20)16-8-6-5-7-9-16)21(26)29-14-15-10-12-17(28-4)13-11-15/h5-13,19H,14H2,1-4H3,(H2,24,25,27). The molecule has 0 aliphatic carbocycles. The topological polar surface area (TPSA) is 76.7 Å². The minimum absolute atomic E-state index is 0.124. The predicted molar refractivity (Wildman–Crippen MR) is 110 cm³/mol. The van der Waals surface area contributed by atoms with Gasteiger partial charge in [0.15, 0.2) is 0 Å². The van der Waals surface area contributed by atoms with E-state index in [-0.39, 0.29) is 12.6 Å². The van der Waals surface area contributed by atoms with E-state index in [1.807, 2.05) is 75.4 Å². The molecule has 6 heteroatoms. The molecule has 1 atom stereocenters. The lowest BCUT2D eigenvalue weighted by Crippen LogP contribution is -2.48. The summed E-state index contributed by atoms with van der Waals surface area (Å²) in [6, 6.07) is 15.8. The third-order valence-electron chi connectivity index (χ3n) is 4.70. The van der Waals surface area contributed by atoms with Crippen molar-refractivity contribution in [2.75, 3.05) is 7.11 Å². The lowest BCUT2D eigenvalue weighted by atomic mass is 9.83. The van der Waals surface area contributed by atoms with Crippen LogP contribution in [0.1, 0.15) is 37.9 Å². The van der Waals surface area contributed by atoms with E-state index in [0.717, 1.165) is 16.9 Å². The lowest BCUT2D eigenvalue weighted by Gasteiger charge is -2.35. The van der Waals surface area contributed by atoms with Crippen molar-refractivity contribution in [3.05, 3.63) is 77.0 Å². The van der Waals surface area contributed by atoms with Crippen LogP contribution in [0.25, 0.3) is 0 Å². The van der Waals surface area contributed by atoms with Crippen LogP contribution in [-0.4, -0.2) is 19.1 Å². The zero-order chi connectivity index (χ0) is 21.0. The van der Waals surface area contributed by atoms with Gasteiger partial charge >= 0.3 is 12.0 Å². The van der Waals surface area contributed by atoms with Crippen molar-refractivity contribution in [2.45, 2.75) is 33.4 Å². The normalized spacial score (nSPS) is 16.7. The summed E-state index contributed by atoms with van der Waals surface area (Å²) in [6.45, 7) is 5.98. The molecule has 2 amide bonds. The first-order chi connectivity index (χ1) is 13.8. The average molecular weight is 394 g/mol. The van der Waals surface area contributed by atoms with E-state index in [0.29, 0.717) is 11.3 Å². The van der Waals surface area contributed by atoms with E-state index >= 15 is 0 Å². The van der Waals surface area contributed by atoms with Gasteiger partial charge in [-0.1, -0.05) is 63.2 Å². The molecule has 2 N–H and O–H groups in total. The summed E-state index contributed by atoms with van der Waals surface area (Å²) >= 11 is 0. The molecule has 0 bridgehead atoms. The molecule has 0 radical (unpaired) electrons. The molecule has 3 rings (SSSR count). The summed E-state index contributed by atoms with van der Waals surface area (Å²) in [6.07, 6.45) is 0. The molecule has 0 saturated heterocycles. The highest BCUT2D eigenvalue weighted by molar-refractivity contribution is 5.95. The van der Waals surface area contributed by atoms with Crippen molar-refractivity contribution in [1.29, 1.82) is 0 Å². The van der Waals surface area contributed by atoms with Crippen LogP contribution in [0, 0.1) is 5.41 Å². The summed E-state index contributed by atoms with van der Waals surface area (Å²) < 4.78 is 10.8. The Morgan fingerprint density at radius 1 is 1.03 bits per heavy atom. The van der Waals surface area contributed by atoms with Crippen LogP contribution in [0.4, 0.5) is 4.79 Å². The molecule has 2 aromatic carbocycles. The summed E-state index contributed by atoms with van der Waals surface area (Å²) in [5, 5.41) is 5.67. The number of ether oxygens (including phenoxy) is 2. The van der Waals surface area contributed by atoms with Gasteiger partial charge in [0.2, 0.25) is 0 Å². The number of methoxy groups -OCH3 is 1. The van der Waals surface area contributed by atoms with Crippen LogP contribution < -0.4 is 15.4 Å². The molecule has 0 saturated carbocycles. The van der Waals surface area contributed by atoms with Crippen molar-refractivity contribution in [1.82, 2.24) is 10.6 Å². The molecule has 1 heterocycles. The highest BCUT2D eigenvalue weighted by Crippen LogP contribution is 2.35. The van der Waals surface area contributed by atoms with Crippen LogP contribution in [0.3, 0.4) is 0 Å². The maximum Gasteiger partial charge on any atom is 0.338 e. The quantitative estimate of drug-likeness (QED) is 0.749. The predicted octanol–water partition coefficient (Wildman–Crippen LogP) is 4.09. The van der Waals surface area contributed by atoms with Crippen LogP contribution >= 0.6 is 0 Å². The molecule has 0 aromatic heterocycles. The van der Waals surface area contributed by atoms with Gasteiger partial charge in [-0.25, -0.2) is 9.59 Å². The van der Waals surface area contributed by atoms with Crippen molar-refractivity contribution in [3.8, 4) is 5.75 Å². The number of hydrogen-bond acceptors (Lipinski definition) is 4. The molecule has 0 fully saturated rings. The van der Waals surface area contributed by atoms with Gasteiger partial charge in [-0.3, -0.25) is 0 Å². The molecule has 6 nitrogen and oxygen atoms in total. The number of esters is 1. The monoisotopic (exact) mass is 394 g/mol. The summed E-state index contributed by atoms with van der Waals surface area (Å²) in [4.78, 5) is 25.4. The molecule has 0 spiro atoms. The summed E-state index contributed by atoms with van der Waals surface area (Å²) in [5.74, 6) is 0.272. The molecule has 2 aromatic rings. The van der Waals surface area contributed by atoms with E-state index < -0.39 is 17.4 Å². The van der Waals surface area contributed by atoms with Crippen molar-refractivity contribution in [3.63, 3.8) is 0 Å². The van der Waals surface area contributed by atoms with Crippen LogP contribution in [-0.2, 0) is 16.1 Å². The highest BCUT2D eigenvalue weighted by Gasteiger charge is 2.37. The van der Waals surface area contributed by atoms with Gasteiger partial charge in [-0.05, 0) is 23.3 Å². The number of carbonyl (C=O) groups excluding carboxylic acids is 2. The van der Waals surface area contributed by atoms with Gasteiger partial charge in [0.1, 0.15) is 12.4 Å². The van der Waals surface area contributed by atoms with Crippen LogP contribution in [0.5, 0.6) is 5.75 Å². The third kappa shape index (κ3) is 4.77. The van der Waals surface area contributed by atoms with E-state index in [1.165, 1.54) is 0 Å².